The van der Waals surface area contributed by atoms with Crippen molar-refractivity contribution in [1.29, 1.82) is 0 Å². The largest absolute Gasteiger partial charge is 0.511 e. The number of carbonyl (C=O) groups is 2. The fourth-order valence-corrected chi connectivity index (χ4v) is 1.63. The molecule has 0 radical (unpaired) electrons. The Bertz CT molecular complexity index is 224. The lowest BCUT2D eigenvalue weighted by molar-refractivity contribution is -0.115. The molecule has 1 aliphatic rings. The topological polar surface area (TPSA) is 54.4 Å². The Morgan fingerprint density at radius 3 is 2.64 bits per heavy atom. The molecule has 11 heavy (non-hydrogen) atoms. The second-order valence-electron chi connectivity index (χ2n) is 2.17. The molecule has 1 heterocycles. The third kappa shape index (κ3) is 1.45. The molecule has 4 heteroatoms. The van der Waals surface area contributed by atoms with Crippen LogP contribution < -0.4 is 0 Å². The highest BCUT2D eigenvalue weighted by Gasteiger charge is 2.29. The van der Waals surface area contributed by atoms with Crippen LogP contribution in [0.1, 0.15) is 13.3 Å². The van der Waals surface area contributed by atoms with Crippen LogP contribution in [0, 0.1) is 0 Å². The summed E-state index contributed by atoms with van der Waals surface area (Å²) in [6.07, 6.45) is 0.341. The van der Waals surface area contributed by atoms with Crippen LogP contribution in [0.15, 0.2) is 11.3 Å². The van der Waals surface area contributed by atoms with Gasteiger partial charge in [0.2, 0.25) is 5.12 Å². The molecule has 0 aliphatic carbocycles. The van der Waals surface area contributed by atoms with Crippen LogP contribution in [-0.2, 0) is 9.59 Å². The zero-order chi connectivity index (χ0) is 8.43. The first kappa shape index (κ1) is 8.33. The average Bonchev–Trinajstić information content (AvgIpc) is 2.30. The van der Waals surface area contributed by atoms with Gasteiger partial charge in [-0.1, -0.05) is 18.7 Å². The number of hydrogen-bond donors (Lipinski definition) is 1. The molecule has 1 aliphatic heterocycles. The van der Waals surface area contributed by atoms with Crippen LogP contribution in [0.5, 0.6) is 0 Å². The quantitative estimate of drug-likeness (QED) is 0.365. The fraction of sp³-hybridized carbons (Fsp3) is 0.429. The van der Waals surface area contributed by atoms with Gasteiger partial charge in [-0.15, -0.1) is 0 Å². The molecule has 1 fully saturated rings. The lowest BCUT2D eigenvalue weighted by Crippen LogP contribution is -2.04. The molecule has 1 saturated heterocycles. The predicted octanol–water partition coefficient (Wildman–Crippen LogP) is 1.05. The molecule has 0 unspecified atom stereocenters. The fourth-order valence-electron chi connectivity index (χ4n) is 0.845. The predicted molar refractivity (Wildman–Crippen MR) is 42.4 cm³/mol. The molecule has 3 nitrogen and oxygen atoms in total. The molecule has 0 bridgehead atoms. The molecule has 0 aromatic rings. The van der Waals surface area contributed by atoms with Gasteiger partial charge < -0.3 is 5.11 Å². The van der Waals surface area contributed by atoms with Crippen molar-refractivity contribution < 1.29 is 14.7 Å². The van der Waals surface area contributed by atoms with Crippen molar-refractivity contribution in [2.75, 3.05) is 5.75 Å². The third-order valence-corrected chi connectivity index (χ3v) is 2.31. The summed E-state index contributed by atoms with van der Waals surface area (Å²) in [6.45, 7) is 1.70. The highest BCUT2D eigenvalue weighted by Crippen LogP contribution is 2.24. The molecule has 0 aromatic heterocycles. The lowest BCUT2D eigenvalue weighted by Gasteiger charge is -1.95. The number of ketones is 1. The van der Waals surface area contributed by atoms with Crippen LogP contribution in [0.2, 0.25) is 0 Å². The second kappa shape index (κ2) is 3.09. The van der Waals surface area contributed by atoms with Gasteiger partial charge in [0.15, 0.2) is 5.78 Å². The zero-order valence-corrected chi connectivity index (χ0v) is 6.90. The Labute approximate surface area is 68.5 Å². The van der Waals surface area contributed by atoms with Crippen molar-refractivity contribution in [1.82, 2.24) is 0 Å². The molecule has 0 saturated carbocycles. The number of allylic oxidation sites excluding steroid dienone is 1. The first-order chi connectivity index (χ1) is 5.16. The Morgan fingerprint density at radius 1 is 1.64 bits per heavy atom. The number of thioether (sulfide) groups is 1. The van der Waals surface area contributed by atoms with Crippen molar-refractivity contribution in [3.63, 3.8) is 0 Å². The average molecular weight is 172 g/mol. The zero-order valence-electron chi connectivity index (χ0n) is 6.09. The van der Waals surface area contributed by atoms with E-state index in [-0.39, 0.29) is 28.0 Å². The monoisotopic (exact) mass is 172 g/mol. The number of rotatable bonds is 1. The second-order valence-corrected chi connectivity index (χ2v) is 3.12. The number of Topliss-reactive ketones (excluding diaryl/α,β-unsaturated/α-hetero) is 1. The summed E-state index contributed by atoms with van der Waals surface area (Å²) in [5.41, 5.74) is -0.00231. The first-order valence-electron chi connectivity index (χ1n) is 3.29. The smallest absolute Gasteiger partial charge is 0.226 e. The van der Waals surface area contributed by atoms with Crippen LogP contribution >= 0.6 is 11.8 Å². The van der Waals surface area contributed by atoms with Gasteiger partial charge in [-0.3, -0.25) is 9.59 Å². The van der Waals surface area contributed by atoms with Gasteiger partial charge >= 0.3 is 0 Å². The van der Waals surface area contributed by atoms with E-state index in [1.807, 2.05) is 0 Å². The van der Waals surface area contributed by atoms with E-state index in [1.54, 1.807) is 6.92 Å². The Hall–Kier alpha value is -0.770. The molecule has 1 rings (SSSR count). The molecular formula is C7H8O3S. The Kier molecular flexibility index (Phi) is 2.34. The molecule has 1 N–H and O–H groups in total. The van der Waals surface area contributed by atoms with E-state index in [0.29, 0.717) is 6.42 Å². The summed E-state index contributed by atoms with van der Waals surface area (Å²) in [7, 11) is 0. The summed E-state index contributed by atoms with van der Waals surface area (Å²) in [4.78, 5) is 21.8. The van der Waals surface area contributed by atoms with Gasteiger partial charge in [0.05, 0.1) is 5.75 Å². The van der Waals surface area contributed by atoms with Crippen molar-refractivity contribution in [2.45, 2.75) is 13.3 Å². The van der Waals surface area contributed by atoms with Crippen LogP contribution in [0.3, 0.4) is 0 Å². The maximum Gasteiger partial charge on any atom is 0.226 e. The number of carbonyl (C=O) groups excluding carboxylic acids is 2. The number of aliphatic hydroxyl groups excluding tert-OH is 1. The summed E-state index contributed by atoms with van der Waals surface area (Å²) < 4.78 is 0. The summed E-state index contributed by atoms with van der Waals surface area (Å²) in [5, 5.41) is 8.83. The minimum Gasteiger partial charge on any atom is -0.511 e. The molecule has 0 amide bonds. The third-order valence-electron chi connectivity index (χ3n) is 1.44. The Morgan fingerprint density at radius 2 is 2.27 bits per heavy atom. The molecule has 0 atom stereocenters. The van der Waals surface area contributed by atoms with Gasteiger partial charge in [0.1, 0.15) is 11.3 Å². The van der Waals surface area contributed by atoms with Gasteiger partial charge in [0.25, 0.3) is 0 Å². The van der Waals surface area contributed by atoms with Gasteiger partial charge in [0, 0.05) is 6.42 Å². The van der Waals surface area contributed by atoms with Crippen molar-refractivity contribution in [3.8, 4) is 0 Å². The summed E-state index contributed by atoms with van der Waals surface area (Å²) in [5.74, 6) is -0.151. The maximum absolute atomic E-state index is 10.9. The number of hydrogen-bond acceptors (Lipinski definition) is 4. The normalized spacial score (nSPS) is 22.6. The molecule has 0 aromatic carbocycles. The van der Waals surface area contributed by atoms with Crippen LogP contribution in [0.4, 0.5) is 0 Å². The SMILES string of the molecule is CC/C(O)=C1/C(=O)CSC1=O. The first-order valence-corrected chi connectivity index (χ1v) is 4.27. The van der Waals surface area contributed by atoms with E-state index in [4.69, 9.17) is 5.11 Å². The maximum atomic E-state index is 10.9. The van der Waals surface area contributed by atoms with E-state index in [9.17, 15) is 9.59 Å². The van der Waals surface area contributed by atoms with Crippen molar-refractivity contribution in [2.24, 2.45) is 0 Å². The molecule has 0 spiro atoms. The lowest BCUT2D eigenvalue weighted by atomic mass is 10.1. The van der Waals surface area contributed by atoms with Gasteiger partial charge in [-0.05, 0) is 0 Å². The minimum atomic E-state index is -0.297. The minimum absolute atomic E-state index is 0.00231. The standard InChI is InChI=1S/C7H8O3S/c1-2-4(8)6-5(9)3-11-7(6)10/h8H,2-3H2,1H3/b6-4+. The number of aliphatic hydroxyl groups is 1. The van der Waals surface area contributed by atoms with E-state index in [0.717, 1.165) is 11.8 Å². The van der Waals surface area contributed by atoms with E-state index >= 15 is 0 Å². The van der Waals surface area contributed by atoms with Crippen molar-refractivity contribution >= 4 is 22.7 Å². The highest BCUT2D eigenvalue weighted by molar-refractivity contribution is 8.15. The summed E-state index contributed by atoms with van der Waals surface area (Å²) >= 11 is 0.951. The van der Waals surface area contributed by atoms with Crippen molar-refractivity contribution in [3.05, 3.63) is 11.3 Å². The Balaban J connectivity index is 3.01. The van der Waals surface area contributed by atoms with Gasteiger partial charge in [-0.2, -0.15) is 0 Å². The van der Waals surface area contributed by atoms with Crippen LogP contribution in [-0.4, -0.2) is 21.8 Å². The van der Waals surface area contributed by atoms with E-state index in [2.05, 4.69) is 0 Å². The van der Waals surface area contributed by atoms with E-state index < -0.39 is 0 Å². The highest BCUT2D eigenvalue weighted by atomic mass is 32.2. The molecular weight excluding hydrogens is 164 g/mol. The van der Waals surface area contributed by atoms with Crippen LogP contribution in [0.25, 0.3) is 0 Å². The molecule has 60 valence electrons. The van der Waals surface area contributed by atoms with Gasteiger partial charge in [-0.25, -0.2) is 0 Å². The van der Waals surface area contributed by atoms with E-state index in [1.165, 1.54) is 0 Å². The summed E-state index contributed by atoms with van der Waals surface area (Å²) in [6, 6.07) is 0.